The molecule has 0 saturated heterocycles. The molecule has 3 rings (SSSR count). The molecule has 0 saturated carbocycles. The molecule has 0 fully saturated rings. The largest absolute Gasteiger partial charge is 0.295 e. The van der Waals surface area contributed by atoms with Crippen molar-refractivity contribution < 1.29 is 0 Å². The van der Waals surface area contributed by atoms with Crippen molar-refractivity contribution in [3.05, 3.63) is 80.3 Å². The first-order valence-electron chi connectivity index (χ1n) is 8.37. The Morgan fingerprint density at radius 2 is 1.64 bits per heavy atom. The predicted molar refractivity (Wildman–Crippen MR) is 104 cm³/mol. The quantitative estimate of drug-likeness (QED) is 0.707. The van der Waals surface area contributed by atoms with Crippen LogP contribution in [0.4, 0.5) is 5.69 Å². The van der Waals surface area contributed by atoms with E-state index in [1.165, 1.54) is 5.56 Å². The van der Waals surface area contributed by atoms with Gasteiger partial charge in [0.25, 0.3) is 5.56 Å². The fourth-order valence-corrected chi connectivity index (χ4v) is 2.75. The first-order valence-corrected chi connectivity index (χ1v) is 8.37. The van der Waals surface area contributed by atoms with Crippen LogP contribution in [0.3, 0.4) is 0 Å². The number of aromatic amines is 1. The molecule has 128 valence electrons. The fraction of sp³-hybridized carbons (Fsp3) is 0.238. The molecule has 25 heavy (non-hydrogen) atoms. The Balaban J connectivity index is 2.03. The zero-order valence-electron chi connectivity index (χ0n) is 15.3. The number of rotatable bonds is 3. The molecule has 0 bridgehead atoms. The molecule has 0 atom stereocenters. The lowest BCUT2D eigenvalue weighted by Crippen LogP contribution is -2.17. The van der Waals surface area contributed by atoms with Crippen LogP contribution in [0.2, 0.25) is 0 Å². The molecule has 0 spiro atoms. The molecule has 4 heteroatoms. The Hall–Kier alpha value is -2.88. The summed E-state index contributed by atoms with van der Waals surface area (Å²) >= 11 is 0. The lowest BCUT2D eigenvalue weighted by Gasteiger charge is -2.05. The molecule has 1 N–H and O–H groups in total. The van der Waals surface area contributed by atoms with Gasteiger partial charge in [-0.15, -0.1) is 0 Å². The average molecular weight is 333 g/mol. The highest BCUT2D eigenvalue weighted by molar-refractivity contribution is 5.83. The van der Waals surface area contributed by atoms with Gasteiger partial charge in [0.2, 0.25) is 0 Å². The SMILES string of the molecule is Cc1ccc(C)c(N=Cc2c(C)[nH]n(-c3ccc(C)c(C)c3)c2=O)c1. The number of aliphatic imine (C=N–C) groups is 1. The van der Waals surface area contributed by atoms with Gasteiger partial charge in [0.15, 0.2) is 0 Å². The van der Waals surface area contributed by atoms with Crippen molar-refractivity contribution in [3.8, 4) is 5.69 Å². The Labute approximate surface area is 147 Å². The minimum absolute atomic E-state index is 0.0881. The van der Waals surface area contributed by atoms with Gasteiger partial charge in [0.1, 0.15) is 0 Å². The van der Waals surface area contributed by atoms with Gasteiger partial charge in [-0.1, -0.05) is 18.2 Å². The van der Waals surface area contributed by atoms with Gasteiger partial charge < -0.3 is 0 Å². The summed E-state index contributed by atoms with van der Waals surface area (Å²) in [5, 5.41) is 3.15. The summed E-state index contributed by atoms with van der Waals surface area (Å²) in [6, 6.07) is 12.1. The Kier molecular flexibility index (Phi) is 4.45. The fourth-order valence-electron chi connectivity index (χ4n) is 2.75. The zero-order valence-corrected chi connectivity index (χ0v) is 15.3. The minimum atomic E-state index is -0.0881. The molecule has 0 unspecified atom stereocenters. The summed E-state index contributed by atoms with van der Waals surface area (Å²) in [7, 11) is 0. The van der Waals surface area contributed by atoms with E-state index in [9.17, 15) is 4.79 Å². The highest BCUT2D eigenvalue weighted by Gasteiger charge is 2.11. The van der Waals surface area contributed by atoms with Crippen molar-refractivity contribution in [1.82, 2.24) is 9.78 Å². The van der Waals surface area contributed by atoms with Gasteiger partial charge in [-0.2, -0.15) is 0 Å². The number of aryl methyl sites for hydroxylation is 5. The van der Waals surface area contributed by atoms with Crippen molar-refractivity contribution in [2.24, 2.45) is 4.99 Å². The minimum Gasteiger partial charge on any atom is -0.295 e. The Bertz CT molecular complexity index is 1020. The normalized spacial score (nSPS) is 11.4. The maximum Gasteiger partial charge on any atom is 0.280 e. The van der Waals surface area contributed by atoms with Crippen molar-refractivity contribution in [2.75, 3.05) is 0 Å². The highest BCUT2D eigenvalue weighted by atomic mass is 16.1. The maximum atomic E-state index is 12.8. The van der Waals surface area contributed by atoms with Crippen LogP contribution in [0.25, 0.3) is 5.69 Å². The topological polar surface area (TPSA) is 50.1 Å². The van der Waals surface area contributed by atoms with E-state index in [-0.39, 0.29) is 5.56 Å². The third kappa shape index (κ3) is 3.33. The number of aromatic nitrogens is 2. The first-order chi connectivity index (χ1) is 11.9. The van der Waals surface area contributed by atoms with Crippen molar-refractivity contribution >= 4 is 11.9 Å². The monoisotopic (exact) mass is 333 g/mol. The van der Waals surface area contributed by atoms with E-state index in [0.717, 1.165) is 33.8 Å². The molecule has 0 aliphatic heterocycles. The molecule has 0 aliphatic carbocycles. The third-order valence-corrected chi connectivity index (χ3v) is 4.56. The summed E-state index contributed by atoms with van der Waals surface area (Å²) < 4.78 is 1.58. The predicted octanol–water partition coefficient (Wildman–Crippen LogP) is 4.46. The molecule has 3 aromatic rings. The van der Waals surface area contributed by atoms with E-state index < -0.39 is 0 Å². The Morgan fingerprint density at radius 3 is 2.36 bits per heavy atom. The van der Waals surface area contributed by atoms with E-state index in [1.807, 2.05) is 58.0 Å². The van der Waals surface area contributed by atoms with Crippen LogP contribution >= 0.6 is 0 Å². The molecule has 1 heterocycles. The van der Waals surface area contributed by atoms with Gasteiger partial charge in [0, 0.05) is 11.9 Å². The number of benzene rings is 2. The van der Waals surface area contributed by atoms with Gasteiger partial charge in [-0.25, -0.2) is 4.68 Å². The molecule has 0 radical (unpaired) electrons. The number of hydrogen-bond acceptors (Lipinski definition) is 2. The van der Waals surface area contributed by atoms with E-state index in [1.54, 1.807) is 10.9 Å². The maximum absolute atomic E-state index is 12.8. The van der Waals surface area contributed by atoms with Crippen LogP contribution in [0.15, 0.2) is 46.2 Å². The van der Waals surface area contributed by atoms with Gasteiger partial charge in [0.05, 0.1) is 16.9 Å². The van der Waals surface area contributed by atoms with E-state index in [4.69, 9.17) is 0 Å². The van der Waals surface area contributed by atoms with Crippen LogP contribution in [0.1, 0.15) is 33.5 Å². The second kappa shape index (κ2) is 6.55. The highest BCUT2D eigenvalue weighted by Crippen LogP contribution is 2.20. The van der Waals surface area contributed by atoms with E-state index >= 15 is 0 Å². The first kappa shape index (κ1) is 17.0. The van der Waals surface area contributed by atoms with Crippen molar-refractivity contribution in [1.29, 1.82) is 0 Å². The summed E-state index contributed by atoms with van der Waals surface area (Å²) in [6.45, 7) is 10.0. The molecule has 2 aromatic carbocycles. The number of nitrogens with one attached hydrogen (secondary N) is 1. The van der Waals surface area contributed by atoms with Crippen LogP contribution in [0.5, 0.6) is 0 Å². The number of nitrogens with zero attached hydrogens (tertiary/aromatic N) is 2. The number of H-pyrrole nitrogens is 1. The van der Waals surface area contributed by atoms with Crippen LogP contribution in [-0.2, 0) is 0 Å². The molecule has 1 aromatic heterocycles. The molecule has 4 nitrogen and oxygen atoms in total. The smallest absolute Gasteiger partial charge is 0.280 e. The average Bonchev–Trinajstić information content (AvgIpc) is 2.85. The summed E-state index contributed by atoms with van der Waals surface area (Å²) in [6.07, 6.45) is 1.66. The second-order valence-electron chi connectivity index (χ2n) is 6.61. The lowest BCUT2D eigenvalue weighted by atomic mass is 10.1. The van der Waals surface area contributed by atoms with Gasteiger partial charge >= 0.3 is 0 Å². The van der Waals surface area contributed by atoms with Crippen molar-refractivity contribution in [2.45, 2.75) is 34.6 Å². The van der Waals surface area contributed by atoms with E-state index in [2.05, 4.69) is 23.1 Å². The molecular weight excluding hydrogens is 310 g/mol. The van der Waals surface area contributed by atoms with E-state index in [0.29, 0.717) is 5.56 Å². The molecular formula is C21H23N3O. The zero-order chi connectivity index (χ0) is 18.1. The number of hydrogen-bond donors (Lipinski definition) is 1. The standard InChI is InChI=1S/C21H23N3O/c1-13-6-7-15(3)20(10-13)22-12-19-17(5)23-24(21(19)25)18-9-8-14(2)16(4)11-18/h6-12,23H,1-5H3. The summed E-state index contributed by atoms with van der Waals surface area (Å²) in [5.74, 6) is 0. The lowest BCUT2D eigenvalue weighted by molar-refractivity contribution is 0.833. The van der Waals surface area contributed by atoms with Crippen molar-refractivity contribution in [3.63, 3.8) is 0 Å². The summed E-state index contributed by atoms with van der Waals surface area (Å²) in [4.78, 5) is 17.3. The van der Waals surface area contributed by atoms with Gasteiger partial charge in [-0.05, 0) is 75.1 Å². The van der Waals surface area contributed by atoms with Crippen LogP contribution in [-0.4, -0.2) is 16.0 Å². The Morgan fingerprint density at radius 1 is 0.920 bits per heavy atom. The molecule has 0 aliphatic rings. The van der Waals surface area contributed by atoms with Gasteiger partial charge in [-0.3, -0.25) is 14.9 Å². The molecule has 0 amide bonds. The van der Waals surface area contributed by atoms with Crippen LogP contribution < -0.4 is 5.56 Å². The third-order valence-electron chi connectivity index (χ3n) is 4.56. The second-order valence-corrected chi connectivity index (χ2v) is 6.61. The summed E-state index contributed by atoms with van der Waals surface area (Å²) in [5.41, 5.74) is 7.62. The van der Waals surface area contributed by atoms with Crippen LogP contribution in [0, 0.1) is 34.6 Å².